The van der Waals surface area contributed by atoms with Crippen LogP contribution in [-0.2, 0) is 26.3 Å². The first kappa shape index (κ1) is 28.3. The number of hydrogen-bond donors (Lipinski definition) is 5. The fourth-order valence-electron chi connectivity index (χ4n) is 6.40. The number of aliphatic hydroxyl groups is 3. The van der Waals surface area contributed by atoms with Crippen molar-refractivity contribution in [3.63, 3.8) is 0 Å². The minimum Gasteiger partial charge on any atom is -0.510 e. The zero-order valence-electron chi connectivity index (χ0n) is 23.1. The number of fused-ring (bicyclic) bond motifs is 3. The molecule has 0 radical (unpaired) electrons. The molecule has 11 heteroatoms. The van der Waals surface area contributed by atoms with E-state index in [0.29, 0.717) is 22.4 Å². The number of nitrogens with two attached hydrogens (primary N) is 1. The van der Waals surface area contributed by atoms with Crippen LogP contribution >= 0.6 is 0 Å². The highest BCUT2D eigenvalue weighted by Gasteiger charge is 2.63. The van der Waals surface area contributed by atoms with Crippen LogP contribution in [-0.4, -0.2) is 81.4 Å². The molecule has 4 rings (SSSR count). The summed E-state index contributed by atoms with van der Waals surface area (Å²) in [6, 6.07) is 0.719. The maximum atomic E-state index is 14.1. The number of primary amides is 1. The maximum Gasteiger partial charge on any atom is 0.255 e. The molecule has 0 aromatic heterocycles. The van der Waals surface area contributed by atoms with Crippen LogP contribution in [0.1, 0.15) is 61.2 Å². The van der Waals surface area contributed by atoms with Gasteiger partial charge in [0.2, 0.25) is 5.78 Å². The quantitative estimate of drug-likeness (QED) is 0.215. The van der Waals surface area contributed by atoms with E-state index in [9.17, 15) is 34.8 Å². The molecule has 0 spiro atoms. The molecule has 4 atom stereocenters. The largest absolute Gasteiger partial charge is 0.510 e. The number of phenolic OH excluding ortho intramolecular Hbond substituents is 1. The summed E-state index contributed by atoms with van der Waals surface area (Å²) in [5.41, 5.74) is 3.04. The second-order valence-electron chi connectivity index (χ2n) is 11.7. The molecule has 39 heavy (non-hydrogen) atoms. The lowest BCUT2D eigenvalue weighted by Gasteiger charge is -2.50. The van der Waals surface area contributed by atoms with Crippen molar-refractivity contribution in [1.82, 2.24) is 4.90 Å². The van der Waals surface area contributed by atoms with Gasteiger partial charge in [-0.2, -0.15) is 0 Å². The molecule has 0 heterocycles. The molecule has 3 aliphatic rings. The number of carbonyl (C=O) groups excluding carboxylic acids is 3. The molecule has 1 aromatic carbocycles. The Morgan fingerprint density at radius 2 is 1.82 bits per heavy atom. The fourth-order valence-corrected chi connectivity index (χ4v) is 6.40. The summed E-state index contributed by atoms with van der Waals surface area (Å²) in [4.78, 5) is 46.1. The van der Waals surface area contributed by atoms with Crippen molar-refractivity contribution in [2.45, 2.75) is 57.6 Å². The molecule has 0 bridgehead atoms. The minimum atomic E-state index is -2.68. The molecule has 11 nitrogen and oxygen atoms in total. The lowest BCUT2D eigenvalue weighted by molar-refractivity contribution is -0.148. The summed E-state index contributed by atoms with van der Waals surface area (Å²) in [7, 11) is 4.57. The molecule has 1 amide bonds. The molecule has 6 N–H and O–H groups in total. The SMILES string of the molecule is CO/N=C(/C)c1cc(C(C)(C)C)c(O)c2c1C[C@@H]1C[C@@H]3[C@@H](N(C)C)C(O)=C(C(N)=O)C(=O)[C@@]3(O)C(O)=C1C2=O. The summed E-state index contributed by atoms with van der Waals surface area (Å²) in [5.74, 6) is -6.81. The van der Waals surface area contributed by atoms with Crippen LogP contribution in [0.15, 0.2) is 33.9 Å². The Balaban J connectivity index is 2.03. The molecular formula is C28H35N3O8. The lowest BCUT2D eigenvalue weighted by atomic mass is 9.58. The van der Waals surface area contributed by atoms with Crippen LogP contribution in [0.2, 0.25) is 0 Å². The molecular weight excluding hydrogens is 506 g/mol. The number of nitrogens with zero attached hydrogens (tertiary/aromatic N) is 2. The molecule has 1 aromatic rings. The number of oxime groups is 1. The number of ketones is 2. The Morgan fingerprint density at radius 1 is 1.21 bits per heavy atom. The number of Topliss-reactive ketones (excluding diaryl/α,β-unsaturated/α-hetero) is 2. The Kier molecular flexibility index (Phi) is 6.68. The monoisotopic (exact) mass is 541 g/mol. The average molecular weight is 542 g/mol. The molecule has 0 unspecified atom stereocenters. The average Bonchev–Trinajstić information content (AvgIpc) is 2.80. The number of amides is 1. The van der Waals surface area contributed by atoms with E-state index in [1.165, 1.54) is 12.0 Å². The number of likely N-dealkylation sites (N-methyl/N-ethyl adjacent to an activating group) is 1. The topological polar surface area (TPSA) is 183 Å². The van der Waals surface area contributed by atoms with Gasteiger partial charge in [-0.05, 0) is 56.8 Å². The number of aromatic hydroxyl groups is 1. The third-order valence-electron chi connectivity index (χ3n) is 8.15. The first-order chi connectivity index (χ1) is 18.0. The van der Waals surface area contributed by atoms with E-state index in [1.54, 1.807) is 27.1 Å². The first-order valence-corrected chi connectivity index (χ1v) is 12.6. The Labute approximate surface area is 226 Å². The van der Waals surface area contributed by atoms with Crippen molar-refractivity contribution in [3.05, 3.63) is 51.0 Å². The first-order valence-electron chi connectivity index (χ1n) is 12.6. The van der Waals surface area contributed by atoms with E-state index in [0.717, 1.165) is 0 Å². The number of hydrogen-bond acceptors (Lipinski definition) is 10. The van der Waals surface area contributed by atoms with E-state index in [4.69, 9.17) is 10.6 Å². The number of phenols is 1. The van der Waals surface area contributed by atoms with Crippen molar-refractivity contribution in [3.8, 4) is 5.75 Å². The normalized spacial score (nSPS) is 27.4. The van der Waals surface area contributed by atoms with Gasteiger partial charge in [0.1, 0.15) is 30.0 Å². The summed E-state index contributed by atoms with van der Waals surface area (Å²) in [5, 5.41) is 49.5. The highest BCUT2D eigenvalue weighted by molar-refractivity contribution is 6.25. The van der Waals surface area contributed by atoms with Crippen LogP contribution in [0.4, 0.5) is 0 Å². The van der Waals surface area contributed by atoms with Crippen LogP contribution in [0.25, 0.3) is 0 Å². The van der Waals surface area contributed by atoms with Gasteiger partial charge in [-0.1, -0.05) is 25.9 Å². The van der Waals surface area contributed by atoms with Gasteiger partial charge in [0, 0.05) is 22.6 Å². The van der Waals surface area contributed by atoms with Gasteiger partial charge in [0.05, 0.1) is 17.3 Å². The second-order valence-corrected chi connectivity index (χ2v) is 11.7. The third kappa shape index (κ3) is 3.94. The number of carbonyl (C=O) groups is 3. The molecule has 210 valence electrons. The lowest BCUT2D eigenvalue weighted by Crippen LogP contribution is -2.63. The standard InChI is InChI=1S/C28H35N3O8/c1-11(30-39-7)13-10-16(27(2,3)4)21(32)18-14(13)8-12-9-15-20(31(5)6)23(34)19(26(29)37)25(36)28(15,38)24(35)17(12)22(18)33/h10,12,15,20,32,34-35,38H,8-9H2,1-7H3,(H2,29,37)/b30-11-/t12-,15-,20-,28+/m1/s1. The van der Waals surface area contributed by atoms with Crippen LogP contribution in [0, 0.1) is 11.8 Å². The predicted octanol–water partition coefficient (Wildman–Crippen LogP) is 1.79. The molecule has 0 aliphatic heterocycles. The number of aliphatic hydroxyl groups excluding tert-OH is 2. The molecule has 0 saturated carbocycles. The highest BCUT2D eigenvalue weighted by atomic mass is 16.6. The van der Waals surface area contributed by atoms with E-state index in [1.807, 2.05) is 20.8 Å². The highest BCUT2D eigenvalue weighted by Crippen LogP contribution is 2.53. The van der Waals surface area contributed by atoms with Crippen molar-refractivity contribution in [1.29, 1.82) is 0 Å². The smallest absolute Gasteiger partial charge is 0.255 e. The zero-order chi connectivity index (χ0) is 29.4. The van der Waals surface area contributed by atoms with Crippen LogP contribution < -0.4 is 5.73 Å². The van der Waals surface area contributed by atoms with Gasteiger partial charge >= 0.3 is 0 Å². The number of allylic oxidation sites excluding steroid dienone is 1. The van der Waals surface area contributed by atoms with E-state index in [-0.39, 0.29) is 29.7 Å². The van der Waals surface area contributed by atoms with Gasteiger partial charge in [-0.25, -0.2) is 0 Å². The summed E-state index contributed by atoms with van der Waals surface area (Å²) < 4.78 is 0. The molecule has 3 aliphatic carbocycles. The summed E-state index contributed by atoms with van der Waals surface area (Å²) >= 11 is 0. The predicted molar refractivity (Wildman–Crippen MR) is 142 cm³/mol. The van der Waals surface area contributed by atoms with Crippen LogP contribution in [0.3, 0.4) is 0 Å². The van der Waals surface area contributed by atoms with Crippen molar-refractivity contribution < 1.29 is 39.6 Å². The van der Waals surface area contributed by atoms with Crippen molar-refractivity contribution in [2.75, 3.05) is 21.2 Å². The maximum absolute atomic E-state index is 14.1. The Morgan fingerprint density at radius 3 is 2.33 bits per heavy atom. The number of benzene rings is 1. The van der Waals surface area contributed by atoms with Crippen molar-refractivity contribution >= 4 is 23.2 Å². The van der Waals surface area contributed by atoms with Gasteiger partial charge in [-0.15, -0.1) is 0 Å². The zero-order valence-corrected chi connectivity index (χ0v) is 23.1. The minimum absolute atomic E-state index is 0.00740. The summed E-state index contributed by atoms with van der Waals surface area (Å²) in [6.45, 7) is 7.32. The molecule has 0 saturated heterocycles. The van der Waals surface area contributed by atoms with Gasteiger partial charge < -0.3 is 31.0 Å². The van der Waals surface area contributed by atoms with E-state index >= 15 is 0 Å². The van der Waals surface area contributed by atoms with Gasteiger partial charge in [-0.3, -0.25) is 19.3 Å². The van der Waals surface area contributed by atoms with Gasteiger partial charge in [0.25, 0.3) is 5.91 Å². The summed E-state index contributed by atoms with van der Waals surface area (Å²) in [6.07, 6.45) is 0.173. The fraction of sp³-hybridized carbons (Fsp3) is 0.500. The Hall–Kier alpha value is -3.70. The van der Waals surface area contributed by atoms with Crippen LogP contribution in [0.5, 0.6) is 5.75 Å². The number of rotatable bonds is 4. The van der Waals surface area contributed by atoms with E-state index < -0.39 is 63.5 Å². The third-order valence-corrected chi connectivity index (χ3v) is 8.15. The van der Waals surface area contributed by atoms with E-state index in [2.05, 4.69) is 5.16 Å². The molecule has 0 fully saturated rings. The van der Waals surface area contributed by atoms with Gasteiger partial charge in [0.15, 0.2) is 11.4 Å². The van der Waals surface area contributed by atoms with Crippen molar-refractivity contribution in [2.24, 2.45) is 22.7 Å². The second kappa shape index (κ2) is 9.20. The Bertz CT molecular complexity index is 1400.